The van der Waals surface area contributed by atoms with Gasteiger partial charge in [-0.25, -0.2) is 4.79 Å². The molecule has 0 radical (unpaired) electrons. The van der Waals surface area contributed by atoms with Gasteiger partial charge in [0.2, 0.25) is 5.91 Å². The highest BCUT2D eigenvalue weighted by Gasteiger charge is 2.22. The Hall–Kier alpha value is -3.65. The highest BCUT2D eigenvalue weighted by Crippen LogP contribution is 2.19. The van der Waals surface area contributed by atoms with Crippen molar-refractivity contribution in [3.8, 4) is 0 Å². The number of hydrogen-bond donors (Lipinski definition) is 2. The number of H-pyrrole nitrogens is 1. The maximum atomic E-state index is 13.0. The standard InChI is InChI=1S/C25H27N5O3/c31-24(13-19-8-9-23-21(12-19)28-25(32)33-23)27-22(17-29-10-4-5-11-29)20-14-26-30(16-20)15-18-6-2-1-3-7-18/h1-3,6-9,12,14,16,22H,4-5,10-11,13,15,17H2,(H,27,31)(H,28,32). The first-order chi connectivity index (χ1) is 16.1. The maximum absolute atomic E-state index is 13.0. The number of hydrogen-bond acceptors (Lipinski definition) is 5. The van der Waals surface area contributed by atoms with Crippen molar-refractivity contribution >= 4 is 17.0 Å². The van der Waals surface area contributed by atoms with Crippen LogP contribution in [0.15, 0.2) is 70.1 Å². The fourth-order valence-electron chi connectivity index (χ4n) is 4.41. The molecule has 0 saturated carbocycles. The van der Waals surface area contributed by atoms with Gasteiger partial charge in [-0.05, 0) is 49.2 Å². The highest BCUT2D eigenvalue weighted by atomic mass is 16.4. The molecule has 3 heterocycles. The molecule has 1 atom stereocenters. The van der Waals surface area contributed by atoms with Gasteiger partial charge < -0.3 is 14.6 Å². The minimum atomic E-state index is -0.496. The van der Waals surface area contributed by atoms with Crippen molar-refractivity contribution in [3.05, 3.63) is 88.2 Å². The number of aromatic amines is 1. The Morgan fingerprint density at radius 3 is 2.76 bits per heavy atom. The molecule has 2 N–H and O–H groups in total. The van der Waals surface area contributed by atoms with Gasteiger partial charge in [0.1, 0.15) is 0 Å². The number of oxazole rings is 1. The number of likely N-dealkylation sites (tertiary alicyclic amines) is 1. The summed E-state index contributed by atoms with van der Waals surface area (Å²) in [4.78, 5) is 29.4. The van der Waals surface area contributed by atoms with E-state index in [1.54, 1.807) is 12.1 Å². The quantitative estimate of drug-likeness (QED) is 0.435. The van der Waals surface area contributed by atoms with Crippen molar-refractivity contribution in [2.24, 2.45) is 0 Å². The second-order valence-corrected chi connectivity index (χ2v) is 8.61. The van der Waals surface area contributed by atoms with E-state index in [2.05, 4.69) is 32.4 Å². The zero-order valence-corrected chi connectivity index (χ0v) is 18.4. The van der Waals surface area contributed by atoms with Crippen molar-refractivity contribution in [3.63, 3.8) is 0 Å². The zero-order valence-electron chi connectivity index (χ0n) is 18.4. The molecule has 4 aromatic rings. The Kier molecular flexibility index (Phi) is 6.08. The number of carbonyl (C=O) groups excluding carboxylic acids is 1. The number of fused-ring (bicyclic) bond motifs is 1. The van der Waals surface area contributed by atoms with Crippen LogP contribution in [0.2, 0.25) is 0 Å². The van der Waals surface area contributed by atoms with Crippen LogP contribution in [-0.4, -0.2) is 45.2 Å². The minimum Gasteiger partial charge on any atom is -0.408 e. The largest absolute Gasteiger partial charge is 0.417 e. The Morgan fingerprint density at radius 1 is 1.12 bits per heavy atom. The summed E-state index contributed by atoms with van der Waals surface area (Å²) in [6.45, 7) is 3.55. The summed E-state index contributed by atoms with van der Waals surface area (Å²) in [6.07, 6.45) is 6.48. The lowest BCUT2D eigenvalue weighted by Gasteiger charge is -2.24. The Morgan fingerprint density at radius 2 is 1.94 bits per heavy atom. The third-order valence-electron chi connectivity index (χ3n) is 6.07. The first-order valence-electron chi connectivity index (χ1n) is 11.3. The molecule has 8 heteroatoms. The average Bonchev–Trinajstić information content (AvgIpc) is 3.55. The van der Waals surface area contributed by atoms with Gasteiger partial charge in [0.25, 0.3) is 0 Å². The molecule has 1 aliphatic rings. The molecule has 1 fully saturated rings. The topological polar surface area (TPSA) is 96.2 Å². The lowest BCUT2D eigenvalue weighted by atomic mass is 10.1. The van der Waals surface area contributed by atoms with E-state index < -0.39 is 5.76 Å². The number of aromatic nitrogens is 3. The molecule has 2 aromatic heterocycles. The van der Waals surface area contributed by atoms with Crippen molar-refractivity contribution in [1.82, 2.24) is 25.0 Å². The summed E-state index contributed by atoms with van der Waals surface area (Å²) in [5.74, 6) is -0.565. The number of amides is 1. The molecule has 1 aliphatic heterocycles. The normalized spacial score (nSPS) is 15.2. The van der Waals surface area contributed by atoms with Gasteiger partial charge >= 0.3 is 5.76 Å². The summed E-state index contributed by atoms with van der Waals surface area (Å²) >= 11 is 0. The predicted molar refractivity (Wildman–Crippen MR) is 125 cm³/mol. The molecule has 8 nitrogen and oxygen atoms in total. The molecule has 1 unspecified atom stereocenters. The van der Waals surface area contributed by atoms with Crippen LogP contribution in [-0.2, 0) is 17.8 Å². The van der Waals surface area contributed by atoms with Crippen molar-refractivity contribution in [2.45, 2.75) is 31.8 Å². The molecular formula is C25H27N5O3. The first-order valence-corrected chi connectivity index (χ1v) is 11.3. The number of benzene rings is 2. The monoisotopic (exact) mass is 445 g/mol. The highest BCUT2D eigenvalue weighted by molar-refractivity contribution is 5.81. The van der Waals surface area contributed by atoms with Crippen LogP contribution in [0, 0.1) is 0 Å². The van der Waals surface area contributed by atoms with Crippen LogP contribution >= 0.6 is 0 Å². The van der Waals surface area contributed by atoms with Crippen LogP contribution in [0.3, 0.4) is 0 Å². The third-order valence-corrected chi connectivity index (χ3v) is 6.07. The van der Waals surface area contributed by atoms with Crippen LogP contribution in [0.5, 0.6) is 0 Å². The average molecular weight is 446 g/mol. The van der Waals surface area contributed by atoms with Gasteiger partial charge in [0, 0.05) is 18.3 Å². The van der Waals surface area contributed by atoms with E-state index in [-0.39, 0.29) is 18.4 Å². The zero-order chi connectivity index (χ0) is 22.6. The summed E-state index contributed by atoms with van der Waals surface area (Å²) in [5.41, 5.74) is 4.08. The number of carbonyl (C=O) groups is 1. The summed E-state index contributed by atoms with van der Waals surface area (Å²) < 4.78 is 6.96. The fraction of sp³-hybridized carbons (Fsp3) is 0.320. The number of rotatable bonds is 8. The molecule has 33 heavy (non-hydrogen) atoms. The summed E-state index contributed by atoms with van der Waals surface area (Å²) in [6, 6.07) is 15.4. The second-order valence-electron chi connectivity index (χ2n) is 8.61. The number of nitrogens with zero attached hydrogens (tertiary/aromatic N) is 3. The van der Waals surface area contributed by atoms with Crippen molar-refractivity contribution in [1.29, 1.82) is 0 Å². The van der Waals surface area contributed by atoms with E-state index in [1.807, 2.05) is 41.3 Å². The van der Waals surface area contributed by atoms with Gasteiger partial charge in [-0.2, -0.15) is 5.10 Å². The van der Waals surface area contributed by atoms with E-state index in [4.69, 9.17) is 4.42 Å². The molecule has 1 amide bonds. The van der Waals surface area contributed by atoms with E-state index >= 15 is 0 Å². The van der Waals surface area contributed by atoms with E-state index in [9.17, 15) is 9.59 Å². The molecule has 0 aliphatic carbocycles. The van der Waals surface area contributed by atoms with E-state index in [0.717, 1.165) is 30.8 Å². The van der Waals surface area contributed by atoms with Crippen LogP contribution in [0.25, 0.3) is 11.1 Å². The smallest absolute Gasteiger partial charge is 0.408 e. The van der Waals surface area contributed by atoms with Gasteiger partial charge in [-0.1, -0.05) is 36.4 Å². The molecule has 5 rings (SSSR count). The third kappa shape index (κ3) is 5.23. The van der Waals surface area contributed by atoms with Gasteiger partial charge in [-0.3, -0.25) is 14.5 Å². The first kappa shape index (κ1) is 21.2. The lowest BCUT2D eigenvalue weighted by Crippen LogP contribution is -2.37. The molecule has 2 aromatic carbocycles. The summed E-state index contributed by atoms with van der Waals surface area (Å²) in [5, 5.41) is 7.75. The Bertz CT molecular complexity index is 1280. The van der Waals surface area contributed by atoms with Crippen LogP contribution in [0.1, 0.15) is 35.6 Å². The maximum Gasteiger partial charge on any atom is 0.417 e. The predicted octanol–water partition coefficient (Wildman–Crippen LogP) is 2.86. The fourth-order valence-corrected chi connectivity index (χ4v) is 4.41. The Labute approximate surface area is 191 Å². The van der Waals surface area contributed by atoms with Crippen LogP contribution in [0.4, 0.5) is 0 Å². The van der Waals surface area contributed by atoms with Gasteiger partial charge in [-0.15, -0.1) is 0 Å². The SMILES string of the molecule is O=C(Cc1ccc2oc(=O)[nH]c2c1)NC(CN1CCCC1)c1cnn(Cc2ccccc2)c1. The van der Waals surface area contributed by atoms with Gasteiger partial charge in [0.05, 0.1) is 30.7 Å². The Balaban J connectivity index is 1.30. The second kappa shape index (κ2) is 9.46. The molecule has 170 valence electrons. The van der Waals surface area contributed by atoms with Crippen LogP contribution < -0.4 is 11.1 Å². The van der Waals surface area contributed by atoms with Crippen molar-refractivity contribution < 1.29 is 9.21 Å². The molecular weight excluding hydrogens is 418 g/mol. The van der Waals surface area contributed by atoms with E-state index in [0.29, 0.717) is 17.6 Å². The summed E-state index contributed by atoms with van der Waals surface area (Å²) in [7, 11) is 0. The van der Waals surface area contributed by atoms with E-state index in [1.165, 1.54) is 18.4 Å². The number of nitrogens with one attached hydrogen (secondary N) is 2. The minimum absolute atomic E-state index is 0.0693. The van der Waals surface area contributed by atoms with Crippen molar-refractivity contribution in [2.75, 3.05) is 19.6 Å². The molecule has 1 saturated heterocycles. The van der Waals surface area contributed by atoms with Gasteiger partial charge in [0.15, 0.2) is 5.58 Å². The molecule has 0 bridgehead atoms. The molecule has 0 spiro atoms. The lowest BCUT2D eigenvalue weighted by molar-refractivity contribution is -0.121.